The fraction of sp³-hybridized carbons (Fsp3) is 0.750. The van der Waals surface area contributed by atoms with Crippen LogP contribution in [0.4, 0.5) is 4.39 Å². The Bertz CT molecular complexity index is 401. The van der Waals surface area contributed by atoms with E-state index < -0.39 is 55.3 Å². The molecule has 1 rings (SSSR count). The van der Waals surface area contributed by atoms with E-state index in [-0.39, 0.29) is 0 Å². The smallest absolute Gasteiger partial charge is 0.303 e. The number of nitrogens with two attached hydrogens (primary N) is 1. The number of rotatable bonds is 5. The van der Waals surface area contributed by atoms with Gasteiger partial charge in [-0.1, -0.05) is 0 Å². The minimum absolute atomic E-state index is 0.743. The lowest BCUT2D eigenvalue weighted by atomic mass is 9.98. The van der Waals surface area contributed by atoms with E-state index in [1.165, 1.54) is 0 Å². The molecule has 1 unspecified atom stereocenters. The van der Waals surface area contributed by atoms with Gasteiger partial charge in [-0.15, -0.1) is 0 Å². The van der Waals surface area contributed by atoms with Crippen LogP contribution in [0.2, 0.25) is 0 Å². The predicted octanol–water partition coefficient (Wildman–Crippen LogP) is -0.634. The Kier molecular flexibility index (Phi) is 6.65. The van der Waals surface area contributed by atoms with E-state index in [1.54, 1.807) is 0 Å². The number of carbonyl (C=O) groups excluding carboxylic acids is 3. The third-order valence-corrected chi connectivity index (χ3v) is 2.78. The number of alkyl halides is 1. The van der Waals surface area contributed by atoms with Crippen LogP contribution in [0.15, 0.2) is 0 Å². The van der Waals surface area contributed by atoms with Crippen molar-refractivity contribution in [2.75, 3.05) is 6.67 Å². The van der Waals surface area contributed by atoms with Crippen molar-refractivity contribution in [2.24, 2.45) is 5.90 Å². The molecule has 0 amide bonds. The molecule has 22 heavy (non-hydrogen) atoms. The molecule has 9 nitrogen and oxygen atoms in total. The summed E-state index contributed by atoms with van der Waals surface area (Å²) < 4.78 is 33.2. The zero-order valence-electron chi connectivity index (χ0n) is 12.3. The SMILES string of the molecule is CC(=O)O[C@@H]1[C@@H](OC(C)=O)[C@H](ON)OC(CF)[C@@H]1OC(C)=O. The number of carbonyl (C=O) groups is 3. The van der Waals surface area contributed by atoms with Crippen molar-refractivity contribution in [3.63, 3.8) is 0 Å². The molecule has 0 aromatic carbocycles. The maximum atomic E-state index is 13.1. The van der Waals surface area contributed by atoms with E-state index in [2.05, 4.69) is 4.84 Å². The third kappa shape index (κ3) is 4.61. The van der Waals surface area contributed by atoms with Gasteiger partial charge in [0.15, 0.2) is 18.3 Å². The van der Waals surface area contributed by atoms with Crippen LogP contribution in [0.3, 0.4) is 0 Å². The molecule has 1 aliphatic rings. The van der Waals surface area contributed by atoms with Gasteiger partial charge in [-0.3, -0.25) is 19.2 Å². The van der Waals surface area contributed by atoms with Crippen LogP contribution >= 0.6 is 0 Å². The maximum Gasteiger partial charge on any atom is 0.303 e. The van der Waals surface area contributed by atoms with E-state index in [4.69, 9.17) is 24.8 Å². The highest BCUT2D eigenvalue weighted by Crippen LogP contribution is 2.29. The van der Waals surface area contributed by atoms with Crippen molar-refractivity contribution in [1.82, 2.24) is 0 Å². The van der Waals surface area contributed by atoms with Gasteiger partial charge in [-0.25, -0.2) is 10.3 Å². The first-order valence-electron chi connectivity index (χ1n) is 6.38. The van der Waals surface area contributed by atoms with Gasteiger partial charge in [0.1, 0.15) is 12.8 Å². The van der Waals surface area contributed by atoms with Gasteiger partial charge in [-0.05, 0) is 0 Å². The van der Waals surface area contributed by atoms with Crippen molar-refractivity contribution in [3.8, 4) is 0 Å². The van der Waals surface area contributed by atoms with E-state index in [1.807, 2.05) is 0 Å². The van der Waals surface area contributed by atoms with Crippen molar-refractivity contribution < 1.29 is 42.6 Å². The van der Waals surface area contributed by atoms with Gasteiger partial charge >= 0.3 is 17.9 Å². The van der Waals surface area contributed by atoms with Crippen LogP contribution in [0.5, 0.6) is 0 Å². The number of halogens is 1. The van der Waals surface area contributed by atoms with Crippen LogP contribution in [0.25, 0.3) is 0 Å². The van der Waals surface area contributed by atoms with Crippen LogP contribution in [-0.2, 0) is 38.2 Å². The Hall–Kier alpha value is -1.78. The van der Waals surface area contributed by atoms with E-state index >= 15 is 0 Å². The lowest BCUT2D eigenvalue weighted by molar-refractivity contribution is -0.306. The molecule has 10 heteroatoms. The monoisotopic (exact) mass is 323 g/mol. The maximum absolute atomic E-state index is 13.1. The molecule has 0 saturated carbocycles. The molecule has 0 aliphatic carbocycles. The van der Waals surface area contributed by atoms with Gasteiger partial charge in [0.05, 0.1) is 0 Å². The summed E-state index contributed by atoms with van der Waals surface area (Å²) in [4.78, 5) is 38.1. The lowest BCUT2D eigenvalue weighted by Crippen LogP contribution is -2.62. The van der Waals surface area contributed by atoms with Crippen molar-refractivity contribution >= 4 is 17.9 Å². The quantitative estimate of drug-likeness (QED) is 0.400. The molecule has 0 aromatic rings. The summed E-state index contributed by atoms with van der Waals surface area (Å²) in [6.07, 6.45) is -6.65. The molecule has 1 heterocycles. The lowest BCUT2D eigenvalue weighted by Gasteiger charge is -2.42. The third-order valence-electron chi connectivity index (χ3n) is 2.78. The molecule has 126 valence electrons. The van der Waals surface area contributed by atoms with Crippen molar-refractivity contribution in [3.05, 3.63) is 0 Å². The molecular weight excluding hydrogens is 305 g/mol. The molecule has 1 saturated heterocycles. The highest BCUT2D eigenvalue weighted by molar-refractivity contribution is 5.68. The second kappa shape index (κ2) is 8.01. The molecule has 5 atom stereocenters. The van der Waals surface area contributed by atoms with Gasteiger partial charge in [0.2, 0.25) is 6.29 Å². The average Bonchev–Trinajstić information content (AvgIpc) is 2.41. The van der Waals surface area contributed by atoms with Gasteiger partial charge < -0.3 is 18.9 Å². The normalized spacial score (nSPS) is 31.2. The van der Waals surface area contributed by atoms with Gasteiger partial charge in [0, 0.05) is 20.8 Å². The van der Waals surface area contributed by atoms with Crippen molar-refractivity contribution in [2.45, 2.75) is 51.5 Å². The fourth-order valence-electron chi connectivity index (χ4n) is 2.09. The zero-order chi connectivity index (χ0) is 16.9. The average molecular weight is 323 g/mol. The minimum atomic E-state index is -1.39. The summed E-state index contributed by atoms with van der Waals surface area (Å²) in [5.41, 5.74) is 0. The minimum Gasteiger partial charge on any atom is -0.456 e. The Balaban J connectivity index is 3.14. The number of hydrogen-bond donors (Lipinski definition) is 1. The van der Waals surface area contributed by atoms with Crippen LogP contribution < -0.4 is 5.90 Å². The predicted molar refractivity (Wildman–Crippen MR) is 66.6 cm³/mol. The largest absolute Gasteiger partial charge is 0.456 e. The standard InChI is InChI=1S/C12H18FNO8/c1-5(15)18-9-8(4-13)21-12(22-14)11(20-7(3)17)10(9)19-6(2)16/h8-12H,4,14H2,1-3H3/t8?,9-,10-,11+,12-/m0/s1. The first-order chi connectivity index (χ1) is 10.3. The number of hydrogen-bond acceptors (Lipinski definition) is 9. The molecule has 2 N–H and O–H groups in total. The van der Waals surface area contributed by atoms with Gasteiger partial charge in [0.25, 0.3) is 0 Å². The van der Waals surface area contributed by atoms with Crippen LogP contribution in [-0.4, -0.2) is 55.3 Å². The van der Waals surface area contributed by atoms with E-state index in [9.17, 15) is 18.8 Å². The fourth-order valence-corrected chi connectivity index (χ4v) is 2.09. The second-order valence-electron chi connectivity index (χ2n) is 4.56. The highest BCUT2D eigenvalue weighted by atomic mass is 19.1. The first-order valence-corrected chi connectivity index (χ1v) is 6.38. The zero-order valence-corrected chi connectivity index (χ0v) is 12.3. The van der Waals surface area contributed by atoms with Crippen molar-refractivity contribution in [1.29, 1.82) is 0 Å². The molecule has 1 fully saturated rings. The van der Waals surface area contributed by atoms with Crippen LogP contribution in [0.1, 0.15) is 20.8 Å². The van der Waals surface area contributed by atoms with E-state index in [0.29, 0.717) is 0 Å². The summed E-state index contributed by atoms with van der Waals surface area (Å²) in [6, 6.07) is 0. The summed E-state index contributed by atoms with van der Waals surface area (Å²) in [6.45, 7) is 2.21. The summed E-state index contributed by atoms with van der Waals surface area (Å²) >= 11 is 0. The molecule has 0 spiro atoms. The topological polar surface area (TPSA) is 123 Å². The molecule has 0 aromatic heterocycles. The molecule has 0 bridgehead atoms. The number of ether oxygens (including phenoxy) is 4. The Morgan fingerprint density at radius 3 is 1.82 bits per heavy atom. The second-order valence-corrected chi connectivity index (χ2v) is 4.56. The van der Waals surface area contributed by atoms with E-state index in [0.717, 1.165) is 20.8 Å². The Morgan fingerprint density at radius 2 is 1.41 bits per heavy atom. The first kappa shape index (κ1) is 18.3. The number of esters is 3. The Morgan fingerprint density at radius 1 is 0.955 bits per heavy atom. The summed E-state index contributed by atoms with van der Waals surface area (Å²) in [7, 11) is 0. The summed E-state index contributed by atoms with van der Waals surface area (Å²) in [5.74, 6) is 2.79. The van der Waals surface area contributed by atoms with Gasteiger partial charge in [-0.2, -0.15) is 0 Å². The molecular formula is C12H18FNO8. The molecule has 1 aliphatic heterocycles. The van der Waals surface area contributed by atoms with Crippen LogP contribution in [0, 0.1) is 0 Å². The highest BCUT2D eigenvalue weighted by Gasteiger charge is 2.52. The molecule has 0 radical (unpaired) electrons. The summed E-state index contributed by atoms with van der Waals surface area (Å²) in [5, 5.41) is 0. The Labute approximate surface area is 125 Å².